The second kappa shape index (κ2) is 6.41. The number of carbonyl (C=O) groups is 1. The van der Waals surface area contributed by atoms with Gasteiger partial charge in [0.2, 0.25) is 5.91 Å². The van der Waals surface area contributed by atoms with Crippen molar-refractivity contribution < 1.29 is 4.79 Å². The van der Waals surface area contributed by atoms with Crippen molar-refractivity contribution in [3.05, 3.63) is 60.7 Å². The number of amides is 1. The van der Waals surface area contributed by atoms with Gasteiger partial charge in [0.25, 0.3) is 0 Å². The van der Waals surface area contributed by atoms with Gasteiger partial charge < -0.3 is 16.0 Å². The zero-order chi connectivity index (χ0) is 15.4. The molecule has 0 aliphatic heterocycles. The molecule has 22 heavy (non-hydrogen) atoms. The highest BCUT2D eigenvalue weighted by Crippen LogP contribution is 2.23. The van der Waals surface area contributed by atoms with Crippen LogP contribution in [-0.4, -0.2) is 21.9 Å². The van der Waals surface area contributed by atoms with Crippen LogP contribution in [0.1, 0.15) is 12.1 Å². The zero-order valence-electron chi connectivity index (χ0n) is 12.1. The molecule has 0 spiro atoms. The van der Waals surface area contributed by atoms with Gasteiger partial charge in [0.05, 0.1) is 12.4 Å². The van der Waals surface area contributed by atoms with Crippen molar-refractivity contribution in [1.29, 1.82) is 0 Å². The van der Waals surface area contributed by atoms with E-state index in [1.165, 1.54) is 0 Å². The number of H-pyrrole nitrogens is 1. The number of aromatic amines is 1. The predicted octanol–water partition coefficient (Wildman–Crippen LogP) is 2.46. The number of fused-ring (bicyclic) bond motifs is 1. The normalized spacial score (nSPS) is 12.2. The van der Waals surface area contributed by atoms with Crippen molar-refractivity contribution in [2.24, 2.45) is 5.73 Å². The monoisotopic (exact) mass is 294 g/mol. The third kappa shape index (κ3) is 3.15. The molecule has 0 bridgehead atoms. The summed E-state index contributed by atoms with van der Waals surface area (Å²) in [5, 5.41) is 5.03. The number of hydrogen-bond donors (Lipinski definition) is 3. The van der Waals surface area contributed by atoms with E-state index in [0.29, 0.717) is 12.8 Å². The number of aryl methyl sites for hydroxylation is 1. The van der Waals surface area contributed by atoms with Crippen LogP contribution in [-0.2, 0) is 11.2 Å². The molecule has 0 saturated carbocycles. The molecule has 4 N–H and O–H groups in total. The number of anilines is 1. The number of nitrogens with zero attached hydrogens (tertiary/aromatic N) is 1. The first-order valence-corrected chi connectivity index (χ1v) is 7.25. The van der Waals surface area contributed by atoms with Crippen molar-refractivity contribution in [2.45, 2.75) is 18.9 Å². The maximum atomic E-state index is 12.3. The van der Waals surface area contributed by atoms with E-state index in [0.717, 1.165) is 22.2 Å². The number of benzene rings is 2. The lowest BCUT2D eigenvalue weighted by molar-refractivity contribution is -0.117. The first kappa shape index (κ1) is 14.3. The predicted molar refractivity (Wildman–Crippen MR) is 87.5 cm³/mol. The van der Waals surface area contributed by atoms with Gasteiger partial charge in [-0.1, -0.05) is 36.4 Å². The van der Waals surface area contributed by atoms with Gasteiger partial charge in [-0.3, -0.25) is 4.79 Å². The summed E-state index contributed by atoms with van der Waals surface area (Å²) in [5.74, 6) is -0.170. The minimum absolute atomic E-state index is 0.170. The summed E-state index contributed by atoms with van der Waals surface area (Å²) in [7, 11) is 0. The first-order valence-electron chi connectivity index (χ1n) is 7.25. The summed E-state index contributed by atoms with van der Waals surface area (Å²) >= 11 is 0. The van der Waals surface area contributed by atoms with Crippen LogP contribution in [0.2, 0.25) is 0 Å². The summed E-state index contributed by atoms with van der Waals surface area (Å²) in [4.78, 5) is 19.2. The molecule has 112 valence electrons. The van der Waals surface area contributed by atoms with Gasteiger partial charge in [-0.25, -0.2) is 4.98 Å². The van der Waals surface area contributed by atoms with Crippen molar-refractivity contribution in [3.8, 4) is 0 Å². The lowest BCUT2D eigenvalue weighted by Gasteiger charge is -2.13. The molecule has 1 amide bonds. The number of carbonyl (C=O) groups excluding carboxylic acids is 1. The highest BCUT2D eigenvalue weighted by molar-refractivity contribution is 6.03. The average Bonchev–Trinajstić information content (AvgIpc) is 3.06. The van der Waals surface area contributed by atoms with E-state index in [9.17, 15) is 4.79 Å². The number of imidazole rings is 1. The zero-order valence-corrected chi connectivity index (χ0v) is 12.1. The van der Waals surface area contributed by atoms with Crippen LogP contribution >= 0.6 is 0 Å². The Morgan fingerprint density at radius 3 is 2.86 bits per heavy atom. The highest BCUT2D eigenvalue weighted by Gasteiger charge is 2.14. The molecule has 3 aromatic rings. The Bertz CT molecular complexity index is 762. The Labute approximate surface area is 128 Å². The van der Waals surface area contributed by atoms with Gasteiger partial charge in [-0.2, -0.15) is 0 Å². The molecular weight excluding hydrogens is 276 g/mol. The highest BCUT2D eigenvalue weighted by atomic mass is 16.2. The van der Waals surface area contributed by atoms with Crippen LogP contribution in [0.15, 0.2) is 55.0 Å². The maximum absolute atomic E-state index is 12.3. The summed E-state index contributed by atoms with van der Waals surface area (Å²) in [6.45, 7) is 0. The Kier molecular flexibility index (Phi) is 4.16. The van der Waals surface area contributed by atoms with E-state index >= 15 is 0 Å². The number of nitrogens with one attached hydrogen (secondary N) is 2. The minimum Gasteiger partial charge on any atom is -0.348 e. The van der Waals surface area contributed by atoms with E-state index in [1.54, 1.807) is 12.5 Å². The van der Waals surface area contributed by atoms with Gasteiger partial charge in [0.1, 0.15) is 0 Å². The molecule has 1 unspecified atom stereocenters. The van der Waals surface area contributed by atoms with Crippen molar-refractivity contribution >= 4 is 22.4 Å². The Hall–Kier alpha value is -2.66. The summed E-state index contributed by atoms with van der Waals surface area (Å²) in [6, 6.07) is 13.2. The molecule has 5 nitrogen and oxygen atoms in total. The van der Waals surface area contributed by atoms with Crippen LogP contribution in [0, 0.1) is 0 Å². The van der Waals surface area contributed by atoms with Crippen LogP contribution in [0.25, 0.3) is 10.8 Å². The number of nitrogens with two attached hydrogens (primary N) is 1. The van der Waals surface area contributed by atoms with Gasteiger partial charge in [0, 0.05) is 23.0 Å². The van der Waals surface area contributed by atoms with Crippen molar-refractivity contribution in [3.63, 3.8) is 0 Å². The molecule has 5 heteroatoms. The Morgan fingerprint density at radius 2 is 2.05 bits per heavy atom. The van der Waals surface area contributed by atoms with E-state index in [1.807, 2.05) is 42.5 Å². The SMILES string of the molecule is NC(CCc1cnc[nH]1)C(=O)Nc1cccc2ccccc12. The minimum atomic E-state index is -0.553. The Balaban J connectivity index is 1.67. The molecule has 1 aromatic heterocycles. The van der Waals surface area contributed by atoms with Gasteiger partial charge in [-0.05, 0) is 24.3 Å². The second-order valence-electron chi connectivity index (χ2n) is 5.24. The molecule has 0 fully saturated rings. The van der Waals surface area contributed by atoms with Crippen molar-refractivity contribution in [2.75, 3.05) is 5.32 Å². The molecule has 1 atom stereocenters. The van der Waals surface area contributed by atoms with Crippen LogP contribution in [0.5, 0.6) is 0 Å². The molecule has 0 saturated heterocycles. The summed E-state index contributed by atoms with van der Waals surface area (Å²) < 4.78 is 0. The molecule has 3 rings (SSSR count). The van der Waals surface area contributed by atoms with Crippen LogP contribution in [0.4, 0.5) is 5.69 Å². The Morgan fingerprint density at radius 1 is 1.23 bits per heavy atom. The smallest absolute Gasteiger partial charge is 0.241 e. The molecule has 1 heterocycles. The van der Waals surface area contributed by atoms with Gasteiger partial charge in [-0.15, -0.1) is 0 Å². The van der Waals surface area contributed by atoms with E-state index < -0.39 is 6.04 Å². The second-order valence-corrected chi connectivity index (χ2v) is 5.24. The van der Waals surface area contributed by atoms with Gasteiger partial charge >= 0.3 is 0 Å². The van der Waals surface area contributed by atoms with Crippen LogP contribution < -0.4 is 11.1 Å². The molecular formula is C17H18N4O. The molecule has 0 aliphatic rings. The molecule has 0 radical (unpaired) electrons. The fraction of sp³-hybridized carbons (Fsp3) is 0.176. The lowest BCUT2D eigenvalue weighted by atomic mass is 10.1. The summed E-state index contributed by atoms with van der Waals surface area (Å²) in [5.41, 5.74) is 7.75. The van der Waals surface area contributed by atoms with E-state index in [2.05, 4.69) is 15.3 Å². The average molecular weight is 294 g/mol. The van der Waals surface area contributed by atoms with E-state index in [4.69, 9.17) is 5.73 Å². The third-order valence-corrected chi connectivity index (χ3v) is 3.66. The molecule has 0 aliphatic carbocycles. The fourth-order valence-electron chi connectivity index (χ4n) is 2.42. The largest absolute Gasteiger partial charge is 0.348 e. The summed E-state index contributed by atoms with van der Waals surface area (Å²) in [6.07, 6.45) is 4.63. The topological polar surface area (TPSA) is 83.8 Å². The quantitative estimate of drug-likeness (QED) is 0.676. The fourth-order valence-corrected chi connectivity index (χ4v) is 2.42. The van der Waals surface area contributed by atoms with Crippen LogP contribution in [0.3, 0.4) is 0 Å². The maximum Gasteiger partial charge on any atom is 0.241 e. The van der Waals surface area contributed by atoms with Gasteiger partial charge in [0.15, 0.2) is 0 Å². The van der Waals surface area contributed by atoms with Crippen molar-refractivity contribution in [1.82, 2.24) is 9.97 Å². The third-order valence-electron chi connectivity index (χ3n) is 3.66. The molecule has 2 aromatic carbocycles. The van der Waals surface area contributed by atoms with E-state index in [-0.39, 0.29) is 5.91 Å². The number of rotatable bonds is 5. The number of aromatic nitrogens is 2. The number of hydrogen-bond acceptors (Lipinski definition) is 3. The first-order chi connectivity index (χ1) is 10.7. The lowest BCUT2D eigenvalue weighted by Crippen LogP contribution is -2.36. The standard InChI is InChI=1S/C17H18N4O/c18-15(9-8-13-10-19-11-20-13)17(22)21-16-7-3-5-12-4-1-2-6-14(12)16/h1-7,10-11,15H,8-9,18H2,(H,19,20)(H,21,22).